The standard InChI is InChI=1S/C15H12O6/c1-6-3-8(16)4-11-14(6)20-10-5-9(17)13(18)7(2)12(10)15(19)21-11/h3-5,16-18H,1-2H3. The molecule has 0 atom stereocenters. The van der Waals surface area contributed by atoms with Crippen LogP contribution in [0.2, 0.25) is 0 Å². The number of benzene rings is 2. The van der Waals surface area contributed by atoms with Gasteiger partial charge < -0.3 is 24.8 Å². The lowest BCUT2D eigenvalue weighted by Gasteiger charge is -2.12. The Bertz CT molecular complexity index is 778. The SMILES string of the molecule is Cc1cc(O)cc2c1Oc1cc(O)c(O)c(C)c1C(=O)O2. The van der Waals surface area contributed by atoms with E-state index >= 15 is 0 Å². The third kappa shape index (κ3) is 1.92. The minimum absolute atomic E-state index is 0.0281. The molecule has 0 aromatic heterocycles. The van der Waals surface area contributed by atoms with Crippen LogP contribution in [0.25, 0.3) is 0 Å². The fraction of sp³-hybridized carbons (Fsp3) is 0.133. The van der Waals surface area contributed by atoms with Crippen LogP contribution in [0.1, 0.15) is 21.5 Å². The second-order valence-corrected chi connectivity index (χ2v) is 4.82. The molecule has 6 nitrogen and oxygen atoms in total. The molecule has 2 aromatic carbocycles. The van der Waals surface area contributed by atoms with Crippen LogP contribution in [0.4, 0.5) is 0 Å². The number of phenolic OH excluding ortho intramolecular Hbond substituents is 3. The molecule has 0 spiro atoms. The molecular weight excluding hydrogens is 276 g/mol. The maximum atomic E-state index is 12.2. The predicted molar refractivity (Wildman–Crippen MR) is 72.4 cm³/mol. The normalized spacial score (nSPS) is 12.8. The minimum atomic E-state index is -0.735. The predicted octanol–water partition coefficient (Wildman–Crippen LogP) is 2.75. The fourth-order valence-electron chi connectivity index (χ4n) is 2.28. The molecule has 1 heterocycles. The lowest BCUT2D eigenvalue weighted by molar-refractivity contribution is 0.0736. The van der Waals surface area contributed by atoms with E-state index in [-0.39, 0.29) is 39.9 Å². The molecule has 0 amide bonds. The van der Waals surface area contributed by atoms with E-state index < -0.39 is 11.7 Å². The zero-order chi connectivity index (χ0) is 15.3. The van der Waals surface area contributed by atoms with Gasteiger partial charge in [0.2, 0.25) is 0 Å². The average molecular weight is 288 g/mol. The Morgan fingerprint density at radius 2 is 1.67 bits per heavy atom. The van der Waals surface area contributed by atoms with E-state index in [1.165, 1.54) is 19.1 Å². The van der Waals surface area contributed by atoms with Crippen LogP contribution in [-0.2, 0) is 0 Å². The van der Waals surface area contributed by atoms with Crippen LogP contribution >= 0.6 is 0 Å². The van der Waals surface area contributed by atoms with Gasteiger partial charge in [-0.2, -0.15) is 0 Å². The number of fused-ring (bicyclic) bond motifs is 2. The maximum absolute atomic E-state index is 12.2. The summed E-state index contributed by atoms with van der Waals surface area (Å²) in [6.07, 6.45) is 0. The van der Waals surface area contributed by atoms with Crippen molar-refractivity contribution in [3.8, 4) is 34.5 Å². The van der Waals surface area contributed by atoms with Crippen molar-refractivity contribution in [1.29, 1.82) is 0 Å². The highest BCUT2D eigenvalue weighted by molar-refractivity contribution is 5.98. The van der Waals surface area contributed by atoms with Crippen molar-refractivity contribution in [3.63, 3.8) is 0 Å². The van der Waals surface area contributed by atoms with E-state index in [4.69, 9.17) is 9.47 Å². The zero-order valence-electron chi connectivity index (χ0n) is 11.3. The van der Waals surface area contributed by atoms with Gasteiger partial charge in [0.1, 0.15) is 17.1 Å². The first kappa shape index (κ1) is 13.1. The second kappa shape index (κ2) is 4.31. The van der Waals surface area contributed by atoms with Gasteiger partial charge >= 0.3 is 5.97 Å². The van der Waals surface area contributed by atoms with Gasteiger partial charge in [-0.05, 0) is 25.5 Å². The summed E-state index contributed by atoms with van der Waals surface area (Å²) in [7, 11) is 0. The Balaban J connectivity index is 2.27. The molecule has 0 radical (unpaired) electrons. The Morgan fingerprint density at radius 3 is 2.38 bits per heavy atom. The quantitative estimate of drug-likeness (QED) is 0.392. The van der Waals surface area contributed by atoms with Crippen LogP contribution in [0.5, 0.6) is 34.5 Å². The van der Waals surface area contributed by atoms with Gasteiger partial charge in [-0.1, -0.05) is 0 Å². The molecule has 0 bridgehead atoms. The summed E-state index contributed by atoms with van der Waals surface area (Å²) in [6.45, 7) is 3.16. The van der Waals surface area contributed by atoms with Crippen LogP contribution in [0, 0.1) is 13.8 Å². The van der Waals surface area contributed by atoms with Crippen molar-refractivity contribution < 1.29 is 29.6 Å². The Morgan fingerprint density at radius 1 is 0.952 bits per heavy atom. The molecule has 0 saturated heterocycles. The van der Waals surface area contributed by atoms with E-state index in [1.807, 2.05) is 0 Å². The number of carbonyl (C=O) groups is 1. The first-order valence-corrected chi connectivity index (χ1v) is 6.17. The molecule has 1 aliphatic heterocycles. The number of hydrogen-bond acceptors (Lipinski definition) is 6. The Kier molecular flexibility index (Phi) is 2.69. The molecule has 108 valence electrons. The molecule has 0 unspecified atom stereocenters. The van der Waals surface area contributed by atoms with Crippen molar-refractivity contribution in [2.24, 2.45) is 0 Å². The van der Waals surface area contributed by atoms with Gasteiger partial charge in [-0.3, -0.25) is 0 Å². The number of ether oxygens (including phenoxy) is 2. The van der Waals surface area contributed by atoms with E-state index in [9.17, 15) is 20.1 Å². The lowest BCUT2D eigenvalue weighted by Crippen LogP contribution is -2.09. The summed E-state index contributed by atoms with van der Waals surface area (Å²) in [5.74, 6) is -1.16. The lowest BCUT2D eigenvalue weighted by atomic mass is 10.1. The summed E-state index contributed by atoms with van der Waals surface area (Å²) in [4.78, 5) is 12.2. The first-order chi connectivity index (χ1) is 9.88. The minimum Gasteiger partial charge on any atom is -0.508 e. The summed E-state index contributed by atoms with van der Waals surface area (Å²) in [6, 6.07) is 3.88. The third-order valence-corrected chi connectivity index (χ3v) is 3.33. The van der Waals surface area contributed by atoms with E-state index in [0.29, 0.717) is 5.56 Å². The van der Waals surface area contributed by atoms with Crippen LogP contribution in [0.15, 0.2) is 18.2 Å². The highest BCUT2D eigenvalue weighted by Gasteiger charge is 2.29. The number of carbonyl (C=O) groups excluding carboxylic acids is 1. The van der Waals surface area contributed by atoms with Crippen molar-refractivity contribution >= 4 is 5.97 Å². The highest BCUT2D eigenvalue weighted by atomic mass is 16.6. The monoisotopic (exact) mass is 288 g/mol. The van der Waals surface area contributed by atoms with Gasteiger partial charge in [0.05, 0.1) is 0 Å². The Labute approximate surface area is 119 Å². The number of phenols is 3. The molecule has 3 N–H and O–H groups in total. The van der Waals surface area contributed by atoms with E-state index in [2.05, 4.69) is 0 Å². The first-order valence-electron chi connectivity index (χ1n) is 6.17. The molecule has 2 aromatic rings. The Hall–Kier alpha value is -2.89. The number of aromatic hydroxyl groups is 3. The molecule has 6 heteroatoms. The number of esters is 1. The maximum Gasteiger partial charge on any atom is 0.347 e. The summed E-state index contributed by atoms with van der Waals surface area (Å²) in [5.41, 5.74) is 0.751. The van der Waals surface area contributed by atoms with Crippen molar-refractivity contribution in [1.82, 2.24) is 0 Å². The van der Waals surface area contributed by atoms with Gasteiger partial charge in [-0.15, -0.1) is 0 Å². The highest BCUT2D eigenvalue weighted by Crippen LogP contribution is 2.46. The largest absolute Gasteiger partial charge is 0.508 e. The topological polar surface area (TPSA) is 96.2 Å². The third-order valence-electron chi connectivity index (χ3n) is 3.33. The molecular formula is C15H12O6. The van der Waals surface area contributed by atoms with E-state index in [1.54, 1.807) is 6.92 Å². The number of rotatable bonds is 0. The smallest absolute Gasteiger partial charge is 0.347 e. The van der Waals surface area contributed by atoms with E-state index in [0.717, 1.165) is 6.07 Å². The zero-order valence-corrected chi connectivity index (χ0v) is 11.3. The molecule has 0 aliphatic carbocycles. The van der Waals surface area contributed by atoms with Crippen molar-refractivity contribution in [3.05, 3.63) is 34.9 Å². The van der Waals surface area contributed by atoms with Crippen LogP contribution in [-0.4, -0.2) is 21.3 Å². The average Bonchev–Trinajstić information content (AvgIpc) is 2.52. The van der Waals surface area contributed by atoms with Crippen LogP contribution < -0.4 is 9.47 Å². The molecule has 3 rings (SSSR count). The van der Waals surface area contributed by atoms with Gasteiger partial charge in [0.25, 0.3) is 0 Å². The molecule has 0 fully saturated rings. The summed E-state index contributed by atoms with van der Waals surface area (Å²) in [5, 5.41) is 29.0. The van der Waals surface area contributed by atoms with Gasteiger partial charge in [0, 0.05) is 17.7 Å². The second-order valence-electron chi connectivity index (χ2n) is 4.82. The van der Waals surface area contributed by atoms with Gasteiger partial charge in [0.15, 0.2) is 23.0 Å². The molecule has 21 heavy (non-hydrogen) atoms. The summed E-state index contributed by atoms with van der Waals surface area (Å²) >= 11 is 0. The van der Waals surface area contributed by atoms with Crippen LogP contribution in [0.3, 0.4) is 0 Å². The number of hydrogen-bond donors (Lipinski definition) is 3. The van der Waals surface area contributed by atoms with Crippen molar-refractivity contribution in [2.75, 3.05) is 0 Å². The summed E-state index contributed by atoms with van der Waals surface area (Å²) < 4.78 is 10.9. The van der Waals surface area contributed by atoms with Gasteiger partial charge in [-0.25, -0.2) is 4.79 Å². The van der Waals surface area contributed by atoms with Crippen molar-refractivity contribution in [2.45, 2.75) is 13.8 Å². The number of aryl methyl sites for hydroxylation is 1. The molecule has 0 saturated carbocycles. The molecule has 1 aliphatic rings. The fourth-order valence-corrected chi connectivity index (χ4v) is 2.28.